The standard InChI is InChI=1S/C14H17ClN4O2/c1-2-5-11(9-14(20)21)19-13(16-17-18-19)8-10-6-3-4-7-12(10)15/h3-4,6-7,11H,2,5,8-9H2,1H3,(H,20,21). The highest BCUT2D eigenvalue weighted by atomic mass is 35.5. The zero-order chi connectivity index (χ0) is 15.2. The molecule has 0 aliphatic heterocycles. The zero-order valence-electron chi connectivity index (χ0n) is 11.7. The van der Waals surface area contributed by atoms with E-state index in [1.807, 2.05) is 31.2 Å². The summed E-state index contributed by atoms with van der Waals surface area (Å²) in [5, 5.41) is 21.3. The minimum absolute atomic E-state index is 0.00834. The number of carboxylic acids is 1. The molecule has 0 bridgehead atoms. The first-order chi connectivity index (χ1) is 10.1. The van der Waals surface area contributed by atoms with Crippen molar-refractivity contribution < 1.29 is 9.90 Å². The largest absolute Gasteiger partial charge is 0.481 e. The molecule has 112 valence electrons. The van der Waals surface area contributed by atoms with E-state index in [-0.39, 0.29) is 12.5 Å². The number of hydrogen-bond donors (Lipinski definition) is 1. The van der Waals surface area contributed by atoms with Crippen LogP contribution in [0.1, 0.15) is 43.6 Å². The minimum Gasteiger partial charge on any atom is -0.481 e. The van der Waals surface area contributed by atoms with Crippen LogP contribution in [0, 0.1) is 0 Å². The molecule has 0 radical (unpaired) electrons. The van der Waals surface area contributed by atoms with Gasteiger partial charge in [0, 0.05) is 11.4 Å². The van der Waals surface area contributed by atoms with Crippen LogP contribution in [-0.2, 0) is 11.2 Å². The quantitative estimate of drug-likeness (QED) is 0.850. The van der Waals surface area contributed by atoms with Crippen LogP contribution in [-0.4, -0.2) is 31.3 Å². The van der Waals surface area contributed by atoms with E-state index in [0.29, 0.717) is 23.7 Å². The van der Waals surface area contributed by atoms with Gasteiger partial charge in [-0.05, 0) is 28.5 Å². The maximum Gasteiger partial charge on any atom is 0.305 e. The number of benzene rings is 1. The average molecular weight is 309 g/mol. The number of aromatic nitrogens is 4. The maximum absolute atomic E-state index is 11.0. The van der Waals surface area contributed by atoms with E-state index in [9.17, 15) is 4.79 Å². The molecular weight excluding hydrogens is 292 g/mol. The highest BCUT2D eigenvalue weighted by Gasteiger charge is 2.20. The van der Waals surface area contributed by atoms with Crippen LogP contribution in [0.4, 0.5) is 0 Å². The molecule has 1 heterocycles. The monoisotopic (exact) mass is 308 g/mol. The van der Waals surface area contributed by atoms with Crippen molar-refractivity contribution in [2.45, 2.75) is 38.6 Å². The van der Waals surface area contributed by atoms with E-state index in [2.05, 4.69) is 15.5 Å². The Labute approximate surface area is 127 Å². The number of carbonyl (C=O) groups is 1. The number of nitrogens with zero attached hydrogens (tertiary/aromatic N) is 4. The third-order valence-corrected chi connectivity index (χ3v) is 3.61. The van der Waals surface area contributed by atoms with Gasteiger partial charge >= 0.3 is 5.97 Å². The summed E-state index contributed by atoms with van der Waals surface area (Å²) in [6.07, 6.45) is 2.07. The molecule has 6 nitrogen and oxygen atoms in total. The molecule has 2 rings (SSSR count). The lowest BCUT2D eigenvalue weighted by atomic mass is 10.1. The van der Waals surface area contributed by atoms with E-state index in [1.54, 1.807) is 4.68 Å². The van der Waals surface area contributed by atoms with Gasteiger partial charge in [0.1, 0.15) is 0 Å². The van der Waals surface area contributed by atoms with Gasteiger partial charge in [0.05, 0.1) is 12.5 Å². The fourth-order valence-corrected chi connectivity index (χ4v) is 2.47. The molecule has 1 unspecified atom stereocenters. The third kappa shape index (κ3) is 4.01. The van der Waals surface area contributed by atoms with Gasteiger partial charge in [-0.1, -0.05) is 43.1 Å². The highest BCUT2D eigenvalue weighted by Crippen LogP contribution is 2.22. The van der Waals surface area contributed by atoms with Crippen LogP contribution in [0.3, 0.4) is 0 Å². The minimum atomic E-state index is -0.854. The Morgan fingerprint density at radius 2 is 2.19 bits per heavy atom. The molecule has 0 aliphatic rings. The summed E-state index contributed by atoms with van der Waals surface area (Å²) in [6.45, 7) is 2.01. The Balaban J connectivity index is 2.24. The summed E-state index contributed by atoms with van der Waals surface area (Å²) in [6, 6.07) is 7.24. The normalized spacial score (nSPS) is 12.3. The lowest BCUT2D eigenvalue weighted by molar-refractivity contribution is -0.138. The number of tetrazole rings is 1. The molecular formula is C14H17ClN4O2. The van der Waals surface area contributed by atoms with Gasteiger partial charge in [0.2, 0.25) is 0 Å². The van der Waals surface area contributed by atoms with Crippen molar-refractivity contribution in [3.05, 3.63) is 40.7 Å². The number of hydrogen-bond acceptors (Lipinski definition) is 4. The summed E-state index contributed by atoms with van der Waals surface area (Å²) in [5.41, 5.74) is 0.917. The number of aliphatic carboxylic acids is 1. The van der Waals surface area contributed by atoms with Crippen molar-refractivity contribution in [1.29, 1.82) is 0 Å². The van der Waals surface area contributed by atoms with Crippen LogP contribution < -0.4 is 0 Å². The Bertz CT molecular complexity index is 615. The van der Waals surface area contributed by atoms with Gasteiger partial charge < -0.3 is 5.11 Å². The van der Waals surface area contributed by atoms with E-state index >= 15 is 0 Å². The van der Waals surface area contributed by atoms with Crippen LogP contribution in [0.25, 0.3) is 0 Å². The maximum atomic E-state index is 11.0. The van der Waals surface area contributed by atoms with Gasteiger partial charge in [0.25, 0.3) is 0 Å². The molecule has 0 amide bonds. The smallest absolute Gasteiger partial charge is 0.305 e. The predicted octanol–water partition coefficient (Wildman–Crippen LogP) is 2.73. The third-order valence-electron chi connectivity index (χ3n) is 3.25. The summed E-state index contributed by atoms with van der Waals surface area (Å²) in [5.74, 6) is -0.226. The van der Waals surface area contributed by atoms with Crippen molar-refractivity contribution in [3.63, 3.8) is 0 Å². The van der Waals surface area contributed by atoms with E-state index in [0.717, 1.165) is 12.0 Å². The molecule has 1 atom stereocenters. The van der Waals surface area contributed by atoms with Crippen molar-refractivity contribution >= 4 is 17.6 Å². The van der Waals surface area contributed by atoms with Gasteiger partial charge in [-0.15, -0.1) is 5.10 Å². The second kappa shape index (κ2) is 7.17. The van der Waals surface area contributed by atoms with Crippen LogP contribution in [0.2, 0.25) is 5.02 Å². The molecule has 0 saturated carbocycles. The topological polar surface area (TPSA) is 80.9 Å². The predicted molar refractivity (Wildman–Crippen MR) is 78.3 cm³/mol. The average Bonchev–Trinajstić information content (AvgIpc) is 2.88. The Kier molecular flexibility index (Phi) is 5.27. The van der Waals surface area contributed by atoms with Crippen LogP contribution in [0.15, 0.2) is 24.3 Å². The molecule has 1 N–H and O–H groups in total. The summed E-state index contributed by atoms with van der Waals surface area (Å²) < 4.78 is 1.61. The zero-order valence-corrected chi connectivity index (χ0v) is 12.5. The fourth-order valence-electron chi connectivity index (χ4n) is 2.27. The number of rotatable bonds is 7. The summed E-state index contributed by atoms with van der Waals surface area (Å²) in [4.78, 5) is 11.0. The highest BCUT2D eigenvalue weighted by molar-refractivity contribution is 6.31. The molecule has 0 fully saturated rings. The molecule has 0 spiro atoms. The second-order valence-corrected chi connectivity index (χ2v) is 5.26. The van der Waals surface area contributed by atoms with Crippen LogP contribution in [0.5, 0.6) is 0 Å². The molecule has 21 heavy (non-hydrogen) atoms. The summed E-state index contributed by atoms with van der Waals surface area (Å²) in [7, 11) is 0. The first-order valence-electron chi connectivity index (χ1n) is 6.83. The van der Waals surface area contributed by atoms with Crippen LogP contribution >= 0.6 is 11.6 Å². The van der Waals surface area contributed by atoms with Gasteiger partial charge in [-0.3, -0.25) is 4.79 Å². The first kappa shape index (κ1) is 15.4. The Hall–Kier alpha value is -1.95. The van der Waals surface area contributed by atoms with Crippen molar-refractivity contribution in [2.75, 3.05) is 0 Å². The molecule has 7 heteroatoms. The Morgan fingerprint density at radius 1 is 1.43 bits per heavy atom. The Morgan fingerprint density at radius 3 is 2.86 bits per heavy atom. The van der Waals surface area contributed by atoms with Gasteiger partial charge in [0.15, 0.2) is 5.82 Å². The van der Waals surface area contributed by atoms with E-state index in [1.165, 1.54) is 0 Å². The lowest BCUT2D eigenvalue weighted by Gasteiger charge is -2.15. The van der Waals surface area contributed by atoms with Gasteiger partial charge in [-0.2, -0.15) is 0 Å². The SMILES string of the molecule is CCCC(CC(=O)O)n1nnnc1Cc1ccccc1Cl. The fraction of sp³-hybridized carbons (Fsp3) is 0.429. The van der Waals surface area contributed by atoms with Gasteiger partial charge in [-0.25, -0.2) is 4.68 Å². The number of halogens is 1. The second-order valence-electron chi connectivity index (χ2n) is 4.85. The molecule has 1 aromatic carbocycles. The van der Waals surface area contributed by atoms with Crippen molar-refractivity contribution in [2.24, 2.45) is 0 Å². The molecule has 0 saturated heterocycles. The van der Waals surface area contributed by atoms with E-state index < -0.39 is 5.97 Å². The molecule has 0 aliphatic carbocycles. The number of carboxylic acid groups (broad SMARTS) is 1. The first-order valence-corrected chi connectivity index (χ1v) is 7.21. The van der Waals surface area contributed by atoms with Crippen molar-refractivity contribution in [1.82, 2.24) is 20.2 Å². The molecule has 1 aromatic heterocycles. The lowest BCUT2D eigenvalue weighted by Crippen LogP contribution is -2.18. The van der Waals surface area contributed by atoms with E-state index in [4.69, 9.17) is 16.7 Å². The van der Waals surface area contributed by atoms with Crippen molar-refractivity contribution in [3.8, 4) is 0 Å². The molecule has 2 aromatic rings. The summed E-state index contributed by atoms with van der Waals surface area (Å²) >= 11 is 6.15.